The number of halogens is 1. The van der Waals surface area contributed by atoms with Crippen molar-refractivity contribution >= 4 is 39.1 Å². The summed E-state index contributed by atoms with van der Waals surface area (Å²) in [5, 5.41) is 3.82. The number of sulfonamides is 1. The smallest absolute Gasteiger partial charge is 0.243 e. The van der Waals surface area contributed by atoms with Crippen molar-refractivity contribution in [1.29, 1.82) is 0 Å². The van der Waals surface area contributed by atoms with Gasteiger partial charge in [0, 0.05) is 43.1 Å². The summed E-state index contributed by atoms with van der Waals surface area (Å²) in [7, 11) is -3.66. The predicted molar refractivity (Wildman–Crippen MR) is 175 cm³/mol. The number of ether oxygens (including phenoxy) is 2. The average Bonchev–Trinajstić information content (AvgIpc) is 3.50. The van der Waals surface area contributed by atoms with Crippen LogP contribution in [0.1, 0.15) is 56.1 Å². The predicted octanol–water partition coefficient (Wildman–Crippen LogP) is 5.70. The van der Waals surface area contributed by atoms with E-state index in [0.717, 1.165) is 49.5 Å². The van der Waals surface area contributed by atoms with Gasteiger partial charge in [0.15, 0.2) is 11.5 Å². The van der Waals surface area contributed by atoms with Crippen LogP contribution in [-0.2, 0) is 32.6 Å². The lowest BCUT2D eigenvalue weighted by molar-refractivity contribution is -0.141. The van der Waals surface area contributed by atoms with Gasteiger partial charge in [-0.25, -0.2) is 8.42 Å². The molecule has 0 spiro atoms. The Morgan fingerprint density at radius 2 is 1.64 bits per heavy atom. The Labute approximate surface area is 270 Å². The van der Waals surface area contributed by atoms with E-state index in [0.29, 0.717) is 28.6 Å². The van der Waals surface area contributed by atoms with E-state index in [-0.39, 0.29) is 50.6 Å². The first-order valence-electron chi connectivity index (χ1n) is 15.4. The van der Waals surface area contributed by atoms with Crippen molar-refractivity contribution < 1.29 is 27.5 Å². The largest absolute Gasteiger partial charge is 0.454 e. The van der Waals surface area contributed by atoms with Crippen molar-refractivity contribution in [2.24, 2.45) is 0 Å². The van der Waals surface area contributed by atoms with E-state index in [1.165, 1.54) is 4.31 Å². The van der Waals surface area contributed by atoms with Gasteiger partial charge in [-0.15, -0.1) is 0 Å². The van der Waals surface area contributed by atoms with Crippen LogP contribution >= 0.6 is 11.6 Å². The van der Waals surface area contributed by atoms with Crippen LogP contribution in [0.5, 0.6) is 11.5 Å². The first-order chi connectivity index (χ1) is 21.7. The number of benzene rings is 3. The van der Waals surface area contributed by atoms with Crippen LogP contribution in [0.15, 0.2) is 72.8 Å². The molecule has 2 aliphatic rings. The van der Waals surface area contributed by atoms with E-state index in [4.69, 9.17) is 21.1 Å². The summed E-state index contributed by atoms with van der Waals surface area (Å²) in [6.45, 7) is 0.369. The number of hydrogen-bond acceptors (Lipinski definition) is 6. The van der Waals surface area contributed by atoms with Crippen molar-refractivity contribution in [3.63, 3.8) is 0 Å². The SMILES string of the molecule is CS(=O)(=O)N(CCCC(=O)N(Cc1ccc(Cl)cc1)C(Cc1ccccc1)C(=O)NC1CCCCC1)c1ccc2c(c1)OCO2. The zero-order valence-electron chi connectivity index (χ0n) is 25.5. The van der Waals surface area contributed by atoms with Gasteiger partial charge in [0.05, 0.1) is 11.9 Å². The zero-order chi connectivity index (χ0) is 31.8. The molecule has 1 fully saturated rings. The molecule has 1 N–H and O–H groups in total. The lowest BCUT2D eigenvalue weighted by Gasteiger charge is -2.34. The number of hydrogen-bond donors (Lipinski definition) is 1. The minimum absolute atomic E-state index is 0.0478. The van der Waals surface area contributed by atoms with Crippen LogP contribution in [0.25, 0.3) is 0 Å². The lowest BCUT2D eigenvalue weighted by Crippen LogP contribution is -2.52. The minimum atomic E-state index is -3.66. The number of rotatable bonds is 13. The number of carbonyl (C=O) groups excluding carboxylic acids is 2. The van der Waals surface area contributed by atoms with Crippen LogP contribution in [0.2, 0.25) is 5.02 Å². The molecular formula is C34H40ClN3O6S. The Morgan fingerprint density at radius 1 is 0.933 bits per heavy atom. The number of amides is 2. The average molecular weight is 654 g/mol. The quantitative estimate of drug-likeness (QED) is 0.254. The molecule has 1 unspecified atom stereocenters. The van der Waals surface area contributed by atoms with Crippen molar-refractivity contribution in [3.05, 3.63) is 88.9 Å². The Hall–Kier alpha value is -3.76. The molecule has 1 atom stereocenters. The molecule has 0 saturated heterocycles. The third-order valence-corrected chi connectivity index (χ3v) is 9.73. The highest BCUT2D eigenvalue weighted by atomic mass is 35.5. The maximum absolute atomic E-state index is 14.1. The summed E-state index contributed by atoms with van der Waals surface area (Å²) in [4.78, 5) is 29.7. The molecule has 9 nitrogen and oxygen atoms in total. The van der Waals surface area contributed by atoms with E-state index in [9.17, 15) is 18.0 Å². The topological polar surface area (TPSA) is 105 Å². The first-order valence-corrected chi connectivity index (χ1v) is 17.7. The van der Waals surface area contributed by atoms with Crippen molar-refractivity contribution in [2.75, 3.05) is 23.9 Å². The fourth-order valence-electron chi connectivity index (χ4n) is 5.93. The molecule has 240 valence electrons. The maximum atomic E-state index is 14.1. The van der Waals surface area contributed by atoms with Gasteiger partial charge in [-0.05, 0) is 54.7 Å². The minimum Gasteiger partial charge on any atom is -0.454 e. The van der Waals surface area contributed by atoms with Gasteiger partial charge in [-0.2, -0.15) is 0 Å². The molecule has 2 amide bonds. The second-order valence-electron chi connectivity index (χ2n) is 11.7. The summed E-state index contributed by atoms with van der Waals surface area (Å²) in [5.74, 6) is 0.616. The molecule has 1 aliphatic heterocycles. The molecule has 1 aliphatic carbocycles. The normalized spacial score (nSPS) is 15.3. The highest BCUT2D eigenvalue weighted by molar-refractivity contribution is 7.92. The number of nitrogens with one attached hydrogen (secondary N) is 1. The number of fused-ring (bicyclic) bond motifs is 1. The summed E-state index contributed by atoms with van der Waals surface area (Å²) in [5.41, 5.74) is 2.22. The van der Waals surface area contributed by atoms with Crippen molar-refractivity contribution in [3.8, 4) is 11.5 Å². The Morgan fingerprint density at radius 3 is 2.36 bits per heavy atom. The molecule has 5 rings (SSSR count). The molecule has 0 radical (unpaired) electrons. The van der Waals surface area contributed by atoms with Crippen molar-refractivity contribution in [2.45, 2.75) is 70.0 Å². The standard InChI is InChI=1S/C34H40ClN3O6S/c1-45(41,42)38(29-18-19-31-32(22-29)44-24-43-31)20-8-13-33(39)37(23-26-14-16-27(35)17-15-26)30(21-25-9-4-2-5-10-25)34(40)36-28-11-6-3-7-12-28/h2,4-5,9-10,14-19,22,28,30H,3,6-8,11-13,20-21,23-24H2,1H3,(H,36,40). The van der Waals surface area contributed by atoms with Gasteiger partial charge in [0.25, 0.3) is 0 Å². The Kier molecular flexibility index (Phi) is 10.9. The fraction of sp³-hybridized carbons (Fsp3) is 0.412. The molecular weight excluding hydrogens is 614 g/mol. The lowest BCUT2D eigenvalue weighted by atomic mass is 9.94. The van der Waals surface area contributed by atoms with E-state index in [1.807, 2.05) is 42.5 Å². The Bertz CT molecular complexity index is 1560. The molecule has 1 saturated carbocycles. The maximum Gasteiger partial charge on any atom is 0.243 e. The highest BCUT2D eigenvalue weighted by Crippen LogP contribution is 2.36. The van der Waals surface area contributed by atoms with E-state index in [2.05, 4.69) is 5.32 Å². The summed E-state index contributed by atoms with van der Waals surface area (Å²) >= 11 is 6.14. The van der Waals surface area contributed by atoms with E-state index < -0.39 is 16.1 Å². The van der Waals surface area contributed by atoms with Gasteiger partial charge in [-0.1, -0.05) is 73.3 Å². The molecule has 1 heterocycles. The van der Waals surface area contributed by atoms with Gasteiger partial charge in [0.2, 0.25) is 28.6 Å². The first kappa shape index (κ1) is 32.6. The van der Waals surface area contributed by atoms with Crippen molar-refractivity contribution in [1.82, 2.24) is 10.2 Å². The number of carbonyl (C=O) groups is 2. The van der Waals surface area contributed by atoms with E-state index >= 15 is 0 Å². The molecule has 0 aromatic heterocycles. The number of anilines is 1. The summed E-state index contributed by atoms with van der Waals surface area (Å²) in [6.07, 6.45) is 6.95. The molecule has 3 aromatic rings. The molecule has 0 bridgehead atoms. The van der Waals surface area contributed by atoms with Crippen LogP contribution in [-0.4, -0.2) is 56.8 Å². The monoisotopic (exact) mass is 653 g/mol. The molecule has 3 aromatic carbocycles. The van der Waals surface area contributed by atoms with Gasteiger partial charge in [-0.3, -0.25) is 13.9 Å². The van der Waals surface area contributed by atoms with Crippen LogP contribution in [0.3, 0.4) is 0 Å². The van der Waals surface area contributed by atoms with Crippen LogP contribution in [0.4, 0.5) is 5.69 Å². The van der Waals surface area contributed by atoms with Gasteiger partial charge >= 0.3 is 0 Å². The summed E-state index contributed by atoms with van der Waals surface area (Å²) < 4.78 is 37.7. The Balaban J connectivity index is 1.37. The summed E-state index contributed by atoms with van der Waals surface area (Å²) in [6, 6.07) is 21.2. The highest BCUT2D eigenvalue weighted by Gasteiger charge is 2.32. The third-order valence-electron chi connectivity index (χ3n) is 8.29. The molecule has 45 heavy (non-hydrogen) atoms. The van der Waals surface area contributed by atoms with Gasteiger partial charge in [0.1, 0.15) is 6.04 Å². The van der Waals surface area contributed by atoms with Crippen LogP contribution < -0.4 is 19.1 Å². The third kappa shape index (κ3) is 8.92. The van der Waals surface area contributed by atoms with E-state index in [1.54, 1.807) is 35.2 Å². The second-order valence-corrected chi connectivity index (χ2v) is 14.0. The van der Waals surface area contributed by atoms with Gasteiger partial charge < -0.3 is 19.7 Å². The zero-order valence-corrected chi connectivity index (χ0v) is 27.1. The number of nitrogens with zero attached hydrogens (tertiary/aromatic N) is 2. The second kappa shape index (κ2) is 15.0. The van der Waals surface area contributed by atoms with Crippen LogP contribution in [0, 0.1) is 0 Å². The fourth-order valence-corrected chi connectivity index (χ4v) is 7.01. The molecule has 11 heteroatoms.